The van der Waals surface area contributed by atoms with E-state index in [1.165, 1.54) is 12.1 Å². The van der Waals surface area contributed by atoms with Crippen LogP contribution in [0.3, 0.4) is 0 Å². The third-order valence-electron chi connectivity index (χ3n) is 2.50. The van der Waals surface area contributed by atoms with Crippen LogP contribution in [0.15, 0.2) is 40.1 Å². The lowest BCUT2D eigenvalue weighted by Crippen LogP contribution is -2.29. The van der Waals surface area contributed by atoms with Crippen LogP contribution in [-0.4, -0.2) is 28.5 Å². The summed E-state index contributed by atoms with van der Waals surface area (Å²) in [5, 5.41) is 2.37. The fourth-order valence-electron chi connectivity index (χ4n) is 1.50. The molecule has 2 rings (SSSR count). The van der Waals surface area contributed by atoms with Crippen molar-refractivity contribution < 1.29 is 18.7 Å². The van der Waals surface area contributed by atoms with Crippen molar-refractivity contribution in [3.05, 3.63) is 62.7 Å². The van der Waals surface area contributed by atoms with Gasteiger partial charge in [-0.3, -0.25) is 14.6 Å². The molecule has 0 aliphatic heterocycles. The van der Waals surface area contributed by atoms with Crippen LogP contribution in [-0.2, 0) is 9.53 Å². The number of hydrogen-bond acceptors (Lipinski definition) is 5. The second-order valence-corrected chi connectivity index (χ2v) is 4.12. The number of esters is 1. The molecule has 2 aromatic rings. The normalized spacial score (nSPS) is 10.0. The highest BCUT2D eigenvalue weighted by Gasteiger charge is 2.14. The van der Waals surface area contributed by atoms with Crippen LogP contribution in [0.4, 0.5) is 10.1 Å². The Balaban J connectivity index is 1.93. The van der Waals surface area contributed by atoms with E-state index in [-0.39, 0.29) is 0 Å². The van der Waals surface area contributed by atoms with Crippen molar-refractivity contribution in [3.63, 3.8) is 0 Å². The van der Waals surface area contributed by atoms with E-state index in [2.05, 4.69) is 15.0 Å². The third kappa shape index (κ3) is 3.88. The fraction of sp³-hybridized carbons (Fsp3) is 0.0769. The zero-order valence-corrected chi connectivity index (χ0v) is 11.0. The summed E-state index contributed by atoms with van der Waals surface area (Å²) < 4.78 is 17.3. The Bertz CT molecular complexity index is 809. The number of halogens is 1. The van der Waals surface area contributed by atoms with Crippen molar-refractivity contribution in [1.82, 2.24) is 9.97 Å². The zero-order valence-electron chi connectivity index (χ0n) is 11.0. The summed E-state index contributed by atoms with van der Waals surface area (Å²) in [4.78, 5) is 49.2. The Hall–Kier alpha value is -3.23. The molecule has 0 unspecified atom stereocenters. The smallest absolute Gasteiger partial charge is 0.345 e. The number of anilines is 1. The van der Waals surface area contributed by atoms with Gasteiger partial charge in [0.1, 0.15) is 11.4 Å². The van der Waals surface area contributed by atoms with Gasteiger partial charge in [-0.25, -0.2) is 14.0 Å². The van der Waals surface area contributed by atoms with Crippen LogP contribution in [0.25, 0.3) is 0 Å². The van der Waals surface area contributed by atoms with E-state index in [1.807, 2.05) is 4.98 Å². The van der Waals surface area contributed by atoms with Gasteiger partial charge in [-0.2, -0.15) is 0 Å². The van der Waals surface area contributed by atoms with Gasteiger partial charge in [0.2, 0.25) is 0 Å². The van der Waals surface area contributed by atoms with Crippen LogP contribution in [0.2, 0.25) is 0 Å². The molecule has 1 amide bonds. The predicted octanol–water partition coefficient (Wildman–Crippen LogP) is -0.00220. The zero-order chi connectivity index (χ0) is 16.1. The summed E-state index contributed by atoms with van der Waals surface area (Å²) in [5.41, 5.74) is -1.80. The molecule has 0 spiro atoms. The molecule has 0 saturated carbocycles. The molecule has 3 N–H and O–H groups in total. The molecule has 0 atom stereocenters. The number of ether oxygens (including phenoxy) is 1. The van der Waals surface area contributed by atoms with Crippen LogP contribution in [0, 0.1) is 5.82 Å². The summed E-state index contributed by atoms with van der Waals surface area (Å²) in [6.07, 6.45) is 0.890. The van der Waals surface area contributed by atoms with Gasteiger partial charge < -0.3 is 15.0 Å². The molecule has 114 valence electrons. The van der Waals surface area contributed by atoms with E-state index >= 15 is 0 Å². The minimum atomic E-state index is -1.06. The van der Waals surface area contributed by atoms with Crippen LogP contribution < -0.4 is 16.6 Å². The molecular formula is C13H10FN3O5. The van der Waals surface area contributed by atoms with Gasteiger partial charge in [0.25, 0.3) is 11.5 Å². The van der Waals surface area contributed by atoms with E-state index in [0.29, 0.717) is 5.69 Å². The molecule has 9 heteroatoms. The van der Waals surface area contributed by atoms with E-state index in [0.717, 1.165) is 18.3 Å². The summed E-state index contributed by atoms with van der Waals surface area (Å²) >= 11 is 0. The molecule has 0 fully saturated rings. The number of hydrogen-bond donors (Lipinski definition) is 3. The van der Waals surface area contributed by atoms with Crippen molar-refractivity contribution in [1.29, 1.82) is 0 Å². The predicted molar refractivity (Wildman–Crippen MR) is 73.0 cm³/mol. The van der Waals surface area contributed by atoms with Gasteiger partial charge in [0.05, 0.1) is 0 Å². The first-order chi connectivity index (χ1) is 10.5. The molecule has 0 radical (unpaired) electrons. The first-order valence-electron chi connectivity index (χ1n) is 6.00. The summed E-state index contributed by atoms with van der Waals surface area (Å²) in [7, 11) is 0. The molecule has 0 bridgehead atoms. The van der Waals surface area contributed by atoms with Crippen LogP contribution in [0.5, 0.6) is 0 Å². The standard InChI is InChI=1S/C13H10FN3O5/c14-7-1-3-8(4-2-7)16-10(18)6-22-12(20)9-5-15-13(21)17-11(9)19/h1-5H,6H2,(H,16,18)(H2,15,17,19,21). The summed E-state index contributed by atoms with van der Waals surface area (Å²) in [6.45, 7) is -0.644. The number of carbonyl (C=O) groups excluding carboxylic acids is 2. The minimum absolute atomic E-state index is 0.323. The number of carbonyl (C=O) groups is 2. The minimum Gasteiger partial charge on any atom is -0.452 e. The first-order valence-corrected chi connectivity index (χ1v) is 6.00. The highest BCUT2D eigenvalue weighted by Crippen LogP contribution is 2.07. The van der Waals surface area contributed by atoms with Gasteiger partial charge in [-0.15, -0.1) is 0 Å². The van der Waals surface area contributed by atoms with E-state index in [4.69, 9.17) is 0 Å². The van der Waals surface area contributed by atoms with Gasteiger partial charge in [0, 0.05) is 11.9 Å². The van der Waals surface area contributed by atoms with Gasteiger partial charge in [-0.1, -0.05) is 0 Å². The molecular weight excluding hydrogens is 297 g/mol. The highest BCUT2D eigenvalue weighted by atomic mass is 19.1. The van der Waals surface area contributed by atoms with E-state index in [1.54, 1.807) is 0 Å². The third-order valence-corrected chi connectivity index (χ3v) is 2.50. The molecule has 0 aliphatic rings. The van der Waals surface area contributed by atoms with Crippen LogP contribution in [0.1, 0.15) is 10.4 Å². The van der Waals surface area contributed by atoms with Crippen LogP contribution >= 0.6 is 0 Å². The van der Waals surface area contributed by atoms with E-state index < -0.39 is 41.1 Å². The molecule has 1 aromatic carbocycles. The van der Waals surface area contributed by atoms with E-state index in [9.17, 15) is 23.6 Å². The summed E-state index contributed by atoms with van der Waals surface area (Å²) in [6, 6.07) is 4.98. The second-order valence-electron chi connectivity index (χ2n) is 4.12. The lowest BCUT2D eigenvalue weighted by molar-refractivity contribution is -0.119. The van der Waals surface area contributed by atoms with Crippen molar-refractivity contribution in [2.45, 2.75) is 0 Å². The van der Waals surface area contributed by atoms with Gasteiger partial charge in [0.15, 0.2) is 6.61 Å². The Kier molecular flexibility index (Phi) is 4.47. The lowest BCUT2D eigenvalue weighted by atomic mass is 10.3. The van der Waals surface area contributed by atoms with Gasteiger partial charge in [-0.05, 0) is 24.3 Å². The monoisotopic (exact) mass is 307 g/mol. The number of nitrogens with one attached hydrogen (secondary N) is 3. The van der Waals surface area contributed by atoms with Gasteiger partial charge >= 0.3 is 11.7 Å². The fourth-order valence-corrected chi connectivity index (χ4v) is 1.50. The van der Waals surface area contributed by atoms with Crippen molar-refractivity contribution in [2.75, 3.05) is 11.9 Å². The number of amides is 1. The Morgan fingerprint density at radius 1 is 1.18 bits per heavy atom. The topological polar surface area (TPSA) is 121 Å². The average Bonchev–Trinajstić information content (AvgIpc) is 2.47. The SMILES string of the molecule is O=C(COC(=O)c1c[nH]c(=O)[nH]c1=O)Nc1ccc(F)cc1. The van der Waals surface area contributed by atoms with Crippen molar-refractivity contribution in [2.24, 2.45) is 0 Å². The molecule has 1 aromatic heterocycles. The Morgan fingerprint density at radius 2 is 1.86 bits per heavy atom. The maximum Gasteiger partial charge on any atom is 0.345 e. The second kappa shape index (κ2) is 6.48. The number of H-pyrrole nitrogens is 2. The quantitative estimate of drug-likeness (QED) is 0.686. The van der Waals surface area contributed by atoms with Crippen molar-refractivity contribution in [3.8, 4) is 0 Å². The first kappa shape index (κ1) is 15.2. The maximum absolute atomic E-state index is 12.7. The number of benzene rings is 1. The van der Waals surface area contributed by atoms with Crippen molar-refractivity contribution >= 4 is 17.6 Å². The molecule has 1 heterocycles. The maximum atomic E-state index is 12.7. The largest absolute Gasteiger partial charge is 0.452 e. The number of aromatic amines is 2. The Labute approximate surface area is 121 Å². The molecule has 22 heavy (non-hydrogen) atoms. The molecule has 0 saturated heterocycles. The Morgan fingerprint density at radius 3 is 2.50 bits per heavy atom. The highest BCUT2D eigenvalue weighted by molar-refractivity contribution is 5.95. The number of rotatable bonds is 4. The summed E-state index contributed by atoms with van der Waals surface area (Å²) in [5.74, 6) is -2.19. The molecule has 8 nitrogen and oxygen atoms in total. The molecule has 0 aliphatic carbocycles. The average molecular weight is 307 g/mol. The lowest BCUT2D eigenvalue weighted by Gasteiger charge is -2.06. The number of aromatic nitrogens is 2.